The summed E-state index contributed by atoms with van der Waals surface area (Å²) in [5.41, 5.74) is 10.2. The molecule has 0 spiro atoms. The third kappa shape index (κ3) is 8.11. The molecule has 170 valence electrons. The molecule has 1 rings (SSSR count). The largest absolute Gasteiger partial charge is 0.460 e. The van der Waals surface area contributed by atoms with Crippen LogP contribution in [0.15, 0.2) is 30.3 Å². The highest BCUT2D eigenvalue weighted by molar-refractivity contribution is 7.86. The monoisotopic (exact) mass is 444 g/mol. The van der Waals surface area contributed by atoms with Crippen molar-refractivity contribution in [2.24, 2.45) is 29.2 Å². The number of benzene rings is 1. The van der Waals surface area contributed by atoms with E-state index in [-0.39, 0.29) is 18.9 Å². The van der Waals surface area contributed by atoms with Crippen LogP contribution in [0.4, 0.5) is 0 Å². The first kappa shape index (κ1) is 26.2. The first-order valence-electron chi connectivity index (χ1n) is 9.74. The molecule has 0 aromatic heterocycles. The molecular formula is C20H32N2O7S. The first-order valence-corrected chi connectivity index (χ1v) is 11.2. The van der Waals surface area contributed by atoms with Crippen molar-refractivity contribution in [2.75, 3.05) is 0 Å². The lowest BCUT2D eigenvalue weighted by Gasteiger charge is -2.27. The number of nitrogens with two attached hydrogens (primary N) is 2. The maximum absolute atomic E-state index is 12.9. The number of hydrogen-bond acceptors (Lipinski definition) is 8. The van der Waals surface area contributed by atoms with Crippen LogP contribution in [-0.4, -0.2) is 47.3 Å². The lowest BCUT2D eigenvalue weighted by molar-refractivity contribution is -0.156. The molecule has 0 fully saturated rings. The van der Waals surface area contributed by atoms with Crippen LogP contribution in [0.25, 0.3) is 0 Å². The van der Waals surface area contributed by atoms with Gasteiger partial charge in [-0.1, -0.05) is 51.1 Å². The Labute approximate surface area is 177 Å². The summed E-state index contributed by atoms with van der Waals surface area (Å²) < 4.78 is 36.6. The van der Waals surface area contributed by atoms with Gasteiger partial charge in [0.05, 0.1) is 6.04 Å². The van der Waals surface area contributed by atoms with Gasteiger partial charge in [-0.05, 0) is 30.2 Å². The van der Waals surface area contributed by atoms with Crippen molar-refractivity contribution in [3.63, 3.8) is 0 Å². The lowest BCUT2D eigenvalue weighted by atomic mass is 9.81. The van der Waals surface area contributed by atoms with Gasteiger partial charge < -0.3 is 21.3 Å². The SMILES string of the molecule is CC(C)C[C@@H](N)C(=O)C(C(=O)OCc1ccccc1)C(C)CC(N)C(O)S(=O)(=O)O. The number of esters is 1. The number of rotatable bonds is 12. The predicted octanol–water partition coefficient (Wildman–Crippen LogP) is 0.848. The van der Waals surface area contributed by atoms with E-state index in [2.05, 4.69) is 0 Å². The molecule has 1 aromatic carbocycles. The number of ketones is 1. The van der Waals surface area contributed by atoms with Gasteiger partial charge in [0.25, 0.3) is 10.1 Å². The minimum Gasteiger partial charge on any atom is -0.460 e. The maximum Gasteiger partial charge on any atom is 0.317 e. The third-order valence-corrected chi connectivity index (χ3v) is 5.72. The standard InChI is InChI=1S/C20H32N2O7S/c1-12(2)9-15(21)18(23)17(13(3)10-16(22)20(25)30(26,27)28)19(24)29-11-14-7-5-4-6-8-14/h4-8,12-13,15-17,20,25H,9-11,21-22H2,1-3H3,(H,26,27,28)/t13?,15-,16?,17?,20?/m1/s1. The quantitative estimate of drug-likeness (QED) is 0.207. The number of hydrogen-bond donors (Lipinski definition) is 4. The van der Waals surface area contributed by atoms with E-state index in [9.17, 15) is 23.1 Å². The fourth-order valence-corrected chi connectivity index (χ4v) is 3.76. The number of Topliss-reactive ketones (excluding diaryl/α,β-unsaturated/α-hetero) is 1. The normalized spacial score (nSPS) is 17.1. The smallest absolute Gasteiger partial charge is 0.317 e. The summed E-state index contributed by atoms with van der Waals surface area (Å²) in [6.07, 6.45) is 0.125. The highest BCUT2D eigenvalue weighted by atomic mass is 32.2. The van der Waals surface area contributed by atoms with Gasteiger partial charge in [0.1, 0.15) is 12.5 Å². The molecule has 0 saturated carbocycles. The molecule has 0 aliphatic heterocycles. The molecule has 0 aliphatic rings. The van der Waals surface area contributed by atoms with Crippen LogP contribution >= 0.6 is 0 Å². The Hall–Kier alpha value is -1.85. The van der Waals surface area contributed by atoms with Gasteiger partial charge in [0.2, 0.25) is 0 Å². The summed E-state index contributed by atoms with van der Waals surface area (Å²) in [4.78, 5) is 25.7. The summed E-state index contributed by atoms with van der Waals surface area (Å²) in [6, 6.07) is 6.57. The third-order valence-electron chi connectivity index (χ3n) is 4.76. The Morgan fingerprint density at radius 1 is 1.07 bits per heavy atom. The van der Waals surface area contributed by atoms with Gasteiger partial charge in [0, 0.05) is 6.04 Å². The van der Waals surface area contributed by atoms with E-state index in [1.54, 1.807) is 24.3 Å². The molecule has 9 nitrogen and oxygen atoms in total. The molecule has 0 saturated heterocycles. The minimum atomic E-state index is -4.79. The summed E-state index contributed by atoms with van der Waals surface area (Å²) in [5.74, 6) is -3.30. The Kier molecular flexibility index (Phi) is 10.1. The van der Waals surface area contributed by atoms with Gasteiger partial charge in [-0.25, -0.2) is 0 Å². The van der Waals surface area contributed by atoms with Crippen LogP contribution in [0.2, 0.25) is 0 Å². The molecule has 10 heteroatoms. The maximum atomic E-state index is 12.9. The second-order valence-corrected chi connectivity index (χ2v) is 9.50. The van der Waals surface area contributed by atoms with E-state index in [0.29, 0.717) is 6.42 Å². The number of aliphatic hydroxyl groups excluding tert-OH is 1. The molecule has 0 bridgehead atoms. The summed E-state index contributed by atoms with van der Waals surface area (Å²) >= 11 is 0. The number of carbonyl (C=O) groups is 2. The topological polar surface area (TPSA) is 170 Å². The van der Waals surface area contributed by atoms with Crippen molar-refractivity contribution >= 4 is 21.9 Å². The molecule has 4 unspecified atom stereocenters. The van der Waals surface area contributed by atoms with Crippen LogP contribution in [0.1, 0.15) is 39.2 Å². The van der Waals surface area contributed by atoms with Crippen molar-refractivity contribution in [1.82, 2.24) is 0 Å². The van der Waals surface area contributed by atoms with Crippen molar-refractivity contribution in [3.05, 3.63) is 35.9 Å². The second-order valence-electron chi connectivity index (χ2n) is 7.99. The number of ether oxygens (including phenoxy) is 1. The highest BCUT2D eigenvalue weighted by Gasteiger charge is 2.39. The van der Waals surface area contributed by atoms with E-state index < -0.39 is 51.2 Å². The molecule has 0 aliphatic carbocycles. The summed E-state index contributed by atoms with van der Waals surface area (Å²) in [5, 5.41) is 9.65. The van der Waals surface area contributed by atoms with Gasteiger partial charge in [-0.3, -0.25) is 14.1 Å². The Morgan fingerprint density at radius 2 is 1.63 bits per heavy atom. The van der Waals surface area contributed by atoms with Crippen molar-refractivity contribution in [1.29, 1.82) is 0 Å². The molecule has 30 heavy (non-hydrogen) atoms. The van der Waals surface area contributed by atoms with Crippen LogP contribution in [0.3, 0.4) is 0 Å². The van der Waals surface area contributed by atoms with E-state index in [1.807, 2.05) is 19.9 Å². The zero-order valence-corrected chi connectivity index (χ0v) is 18.3. The van der Waals surface area contributed by atoms with Crippen molar-refractivity contribution in [3.8, 4) is 0 Å². The van der Waals surface area contributed by atoms with E-state index in [0.717, 1.165) is 5.56 Å². The average molecular weight is 445 g/mol. The van der Waals surface area contributed by atoms with Gasteiger partial charge in [-0.15, -0.1) is 0 Å². The molecule has 0 radical (unpaired) electrons. The van der Waals surface area contributed by atoms with Gasteiger partial charge in [-0.2, -0.15) is 8.42 Å². The molecule has 0 heterocycles. The van der Waals surface area contributed by atoms with Crippen molar-refractivity contribution < 1.29 is 32.4 Å². The Balaban J connectivity index is 3.00. The van der Waals surface area contributed by atoms with Crippen LogP contribution in [0.5, 0.6) is 0 Å². The van der Waals surface area contributed by atoms with E-state index >= 15 is 0 Å². The molecule has 5 atom stereocenters. The predicted molar refractivity (Wildman–Crippen MR) is 111 cm³/mol. The van der Waals surface area contributed by atoms with Gasteiger partial charge in [0.15, 0.2) is 11.2 Å². The fraction of sp³-hybridized carbons (Fsp3) is 0.600. The van der Waals surface area contributed by atoms with E-state index in [1.165, 1.54) is 6.92 Å². The summed E-state index contributed by atoms with van der Waals surface area (Å²) in [7, 11) is -4.79. The first-order chi connectivity index (χ1) is 13.8. The molecular weight excluding hydrogens is 412 g/mol. The highest BCUT2D eigenvalue weighted by Crippen LogP contribution is 2.24. The lowest BCUT2D eigenvalue weighted by Crippen LogP contribution is -2.46. The van der Waals surface area contributed by atoms with Crippen LogP contribution < -0.4 is 11.5 Å². The number of carbonyl (C=O) groups excluding carboxylic acids is 2. The molecule has 6 N–H and O–H groups in total. The fourth-order valence-electron chi connectivity index (χ4n) is 3.20. The van der Waals surface area contributed by atoms with Crippen molar-refractivity contribution in [2.45, 2.75) is 57.7 Å². The molecule has 1 aromatic rings. The zero-order valence-electron chi connectivity index (χ0n) is 17.5. The zero-order chi connectivity index (χ0) is 23.1. The van der Waals surface area contributed by atoms with Crippen LogP contribution in [0, 0.1) is 17.8 Å². The average Bonchev–Trinajstić information content (AvgIpc) is 2.65. The minimum absolute atomic E-state index is 0.0463. The van der Waals surface area contributed by atoms with Crippen LogP contribution in [-0.2, 0) is 31.1 Å². The Morgan fingerprint density at radius 3 is 2.13 bits per heavy atom. The van der Waals surface area contributed by atoms with Gasteiger partial charge >= 0.3 is 5.97 Å². The van der Waals surface area contributed by atoms with E-state index in [4.69, 9.17) is 20.8 Å². The molecule has 0 amide bonds. The Bertz CT molecular complexity index is 799. The summed E-state index contributed by atoms with van der Waals surface area (Å²) in [6.45, 7) is 5.25. The number of aliphatic hydroxyl groups is 1. The second kappa shape index (κ2) is 11.5.